The number of aryl methyl sites for hydroxylation is 4. The summed E-state index contributed by atoms with van der Waals surface area (Å²) in [5.74, 6) is -2.59. The highest BCUT2D eigenvalue weighted by Gasteiger charge is 2.27. The Bertz CT molecular complexity index is 5300. The van der Waals surface area contributed by atoms with E-state index in [0.717, 1.165) is 142 Å². The number of para-hydroxylation sites is 5. The van der Waals surface area contributed by atoms with Crippen molar-refractivity contribution in [1.29, 1.82) is 0 Å². The van der Waals surface area contributed by atoms with Crippen LogP contribution in [0.5, 0.6) is 0 Å². The number of nitrogens with two attached hydrogens (primary N) is 1. The largest absolute Gasteiger partial charge is 0.466 e. The first-order chi connectivity index (χ1) is 60.5. The molecule has 3 saturated heterocycles. The number of nitrogen functional groups attached to an aromatic ring is 1. The fraction of sp³-hybridized carbons (Fsp3) is 0.379. The van der Waals surface area contributed by atoms with E-state index in [0.29, 0.717) is 53.1 Å². The van der Waals surface area contributed by atoms with E-state index < -0.39 is 39.3 Å². The van der Waals surface area contributed by atoms with Gasteiger partial charge in [0.1, 0.15) is 17.8 Å². The summed E-state index contributed by atoms with van der Waals surface area (Å²) in [6, 6.07) is 35.7. The van der Waals surface area contributed by atoms with Gasteiger partial charge in [0.15, 0.2) is 5.82 Å². The number of nitro benzene ring substituents is 2. The van der Waals surface area contributed by atoms with E-state index in [2.05, 4.69) is 173 Å². The number of pyridine rings is 1. The molecule has 7 heterocycles. The molecule has 686 valence electrons. The van der Waals surface area contributed by atoms with Crippen molar-refractivity contribution >= 4 is 184 Å². The van der Waals surface area contributed by atoms with Gasteiger partial charge in [-0.25, -0.2) is 29.3 Å². The second-order valence-electron chi connectivity index (χ2n) is 27.3. The third-order valence-electron chi connectivity index (χ3n) is 18.4. The van der Waals surface area contributed by atoms with Crippen LogP contribution in [0.3, 0.4) is 0 Å². The third-order valence-corrected chi connectivity index (χ3v) is 21.0. The van der Waals surface area contributed by atoms with Gasteiger partial charge in [-0.1, -0.05) is 49.0 Å². The monoisotopic (exact) mass is 2010 g/mol. The fourth-order valence-corrected chi connectivity index (χ4v) is 14.2. The summed E-state index contributed by atoms with van der Waals surface area (Å²) in [4.78, 5) is 136. The number of halogens is 5. The second-order valence-corrected chi connectivity index (χ2v) is 30.7. The minimum atomic E-state index is -0.836. The molecule has 127 heavy (non-hydrogen) atoms. The van der Waals surface area contributed by atoms with Gasteiger partial charge >= 0.3 is 35.5 Å². The number of carbonyl (C=O) groups is 8. The highest BCUT2D eigenvalue weighted by Crippen LogP contribution is 2.34. The molecule has 0 atom stereocenters. The molecule has 5 N–H and O–H groups in total. The van der Waals surface area contributed by atoms with Crippen LogP contribution in [0.15, 0.2) is 158 Å². The van der Waals surface area contributed by atoms with Crippen LogP contribution in [-0.4, -0.2) is 253 Å². The number of ketones is 2. The molecule has 35 nitrogen and oxygen atoms in total. The Morgan fingerprint density at radius 2 is 0.937 bits per heavy atom. The van der Waals surface area contributed by atoms with Crippen LogP contribution >= 0.6 is 63.7 Å². The summed E-state index contributed by atoms with van der Waals surface area (Å²) in [5.41, 5.74) is 16.2. The number of Topliss-reactive ketones (excluding diaryl/α,β-unsaturated/α-hetero) is 1. The predicted molar refractivity (Wildman–Crippen MR) is 505 cm³/mol. The maximum atomic E-state index is 12.8. The molecule has 4 aromatic heterocycles. The summed E-state index contributed by atoms with van der Waals surface area (Å²) in [6.07, 6.45) is 2.73. The zero-order chi connectivity index (χ0) is 94.6. The summed E-state index contributed by atoms with van der Waals surface area (Å²) >= 11 is 12.8. The number of fused-ring (bicyclic) bond motifs is 3. The lowest BCUT2D eigenvalue weighted by atomic mass is 10.1. The van der Waals surface area contributed by atoms with E-state index in [1.807, 2.05) is 99.4 Å². The maximum Gasteiger partial charge on any atom is 0.374 e. The first-order valence-corrected chi connectivity index (χ1v) is 43.3. The van der Waals surface area contributed by atoms with Crippen LogP contribution < -0.4 is 31.5 Å². The van der Waals surface area contributed by atoms with Gasteiger partial charge in [-0.05, 0) is 205 Å². The topological polar surface area (TPSA) is 414 Å². The molecule has 0 saturated carbocycles. The van der Waals surface area contributed by atoms with Crippen molar-refractivity contribution in [3.05, 3.63) is 213 Å². The Morgan fingerprint density at radius 3 is 1.31 bits per heavy atom. The lowest BCUT2D eigenvalue weighted by Gasteiger charge is -2.34. The van der Waals surface area contributed by atoms with Gasteiger partial charge in [-0.2, -0.15) is 4.39 Å². The number of carbonyl (C=O) groups excluding carboxylic acids is 8. The number of imidazole rings is 3. The average molecular weight is 2020 g/mol. The number of likely N-dealkylation sites (N-methyl/N-ethyl adjacent to an activating group) is 3. The van der Waals surface area contributed by atoms with Crippen molar-refractivity contribution in [2.45, 2.75) is 54.9 Å². The molecule has 0 unspecified atom stereocenters. The lowest BCUT2D eigenvalue weighted by Crippen LogP contribution is -2.44. The van der Waals surface area contributed by atoms with E-state index in [-0.39, 0.29) is 59.6 Å². The zero-order valence-electron chi connectivity index (χ0n) is 73.9. The molecule has 10 aromatic rings. The number of ether oxygens (including phenoxy) is 5. The van der Waals surface area contributed by atoms with Gasteiger partial charge in [-0.3, -0.25) is 49.2 Å². The Kier molecular flexibility index (Phi) is 48.0. The molecule has 3 fully saturated rings. The molecular weight excluding hydrogens is 1910 g/mol. The standard InChI is InChI=1S/C18H24N4O3.C16H22N4O2.C11H11BrN2O2.C9H9NO.C7H7BrN2O2.C7H9BrN2.C6H3BrFNO2.C5H12N2.C4H6O3.C4H8O2/c1-4-25-16(24)12-15(23)18-19-13-6-5-7-14(17(13)21(18)3)22-10-8-20(2)9-11-22;1-4-22-16(21)15-17-12-6-5-7-13(14(12)19(15)3)20-10-8-18(2)9-11-20;1-3-16-11(15)10-13-8-6-4-5-7(12)9(8)14(10)2;1-3-8(11)9-7(2)5-4-6-10-9;1-9-7-5(8)3-2-4-6(7)10(11)12;1-10-7-5(8)3-2-4-6(7)9;7-4-2-1-3-5(6(4)8)9(10)11;1-7-4-2-6-3-5-7;1-2-7-4(6)3-5;1-3-6-4(2)5/h5-7H,4,8-12H2,1-3H3;5-7H,4,8-11H2,1-3H3;4-6H,3H2,1-2H3;3-6H,1H2,2H3;2-4,9H,1H3;2-4,10H,9H2,1H3;1-3H;6H,2-5H2,1H3;3H,2H2,1H3;3H2,1-2H3. The van der Waals surface area contributed by atoms with E-state index in [1.165, 1.54) is 44.3 Å². The Morgan fingerprint density at radius 1 is 0.528 bits per heavy atom. The maximum absolute atomic E-state index is 12.8. The first-order valence-electron chi connectivity index (χ1n) is 40.1. The van der Waals surface area contributed by atoms with Crippen molar-refractivity contribution in [1.82, 2.24) is 53.7 Å². The van der Waals surface area contributed by atoms with Crippen LogP contribution in [0.1, 0.15) is 95.9 Å². The number of anilines is 5. The molecule has 40 heteroatoms. The van der Waals surface area contributed by atoms with Gasteiger partial charge in [0.2, 0.25) is 35.3 Å². The molecule has 0 amide bonds. The van der Waals surface area contributed by atoms with Gasteiger partial charge in [-0.15, -0.1) is 0 Å². The number of hydrogen-bond acceptors (Lipinski definition) is 30. The number of benzene rings is 6. The molecule has 13 rings (SSSR count). The van der Waals surface area contributed by atoms with Crippen LogP contribution in [-0.2, 0) is 64.0 Å². The van der Waals surface area contributed by atoms with E-state index in [4.69, 9.17) is 19.9 Å². The van der Waals surface area contributed by atoms with Crippen molar-refractivity contribution < 1.29 is 76.3 Å². The zero-order valence-corrected chi connectivity index (χ0v) is 80.2. The minimum absolute atomic E-state index is 0.0758. The molecule has 3 aliphatic heterocycles. The van der Waals surface area contributed by atoms with Crippen molar-refractivity contribution in [2.75, 3.05) is 173 Å². The van der Waals surface area contributed by atoms with Crippen LogP contribution in [0.4, 0.5) is 44.2 Å². The van der Waals surface area contributed by atoms with E-state index >= 15 is 0 Å². The number of allylic oxidation sites excluding steroid dienone is 1. The SMILES string of the molecule is C=CC(=O)c1ncccc1C.CCOC(=O)C=O.CCOC(=O)CC(=O)c1nc2cccc(N3CCN(C)CC3)c2n1C.CCOC(=O)c1nc2cccc(Br)c2n1C.CCOC(=O)c1nc2cccc(N3CCN(C)CC3)c2n1C.CCOC(C)=O.CN1CCNCC1.CNc1c(Br)cccc1[N+](=O)[O-].CNc1c(N)cccc1Br.O=[N+]([O-])c1cccc(Br)c1F. The van der Waals surface area contributed by atoms with Crippen LogP contribution in [0, 0.1) is 33.0 Å². The molecule has 3 aliphatic rings. The van der Waals surface area contributed by atoms with Gasteiger partial charge in [0.25, 0.3) is 5.69 Å². The van der Waals surface area contributed by atoms with Crippen molar-refractivity contribution in [2.24, 2.45) is 21.1 Å². The second kappa shape index (κ2) is 56.5. The number of piperazine rings is 3. The molecular formula is C87H111Br4FN18O17. The van der Waals surface area contributed by atoms with Crippen molar-refractivity contribution in [3.8, 4) is 0 Å². The summed E-state index contributed by atoms with van der Waals surface area (Å²) < 4.78 is 44.3. The number of aldehydes is 1. The number of hydrogen-bond donors (Lipinski definition) is 4. The smallest absolute Gasteiger partial charge is 0.374 e. The molecule has 6 aromatic carbocycles. The fourth-order valence-electron chi connectivity index (χ4n) is 12.1. The number of nitrogens with one attached hydrogen (secondary N) is 3. The normalized spacial score (nSPS) is 12.7. The van der Waals surface area contributed by atoms with E-state index in [9.17, 15) is 63.0 Å². The average Bonchev–Trinajstić information content (AvgIpc) is 1.63. The number of esters is 5. The highest BCUT2D eigenvalue weighted by molar-refractivity contribution is 9.11. The summed E-state index contributed by atoms with van der Waals surface area (Å²) in [7, 11) is 15.4. The predicted octanol–water partition coefficient (Wildman–Crippen LogP) is 14.0. The number of nitrogens with zero attached hydrogens (tertiary/aromatic N) is 14. The summed E-state index contributed by atoms with van der Waals surface area (Å²) in [5, 5.41) is 29.6. The molecule has 0 aliphatic carbocycles. The molecule has 0 bridgehead atoms. The highest BCUT2D eigenvalue weighted by atomic mass is 79.9. The number of aromatic nitrogens is 7. The number of rotatable bonds is 19. The Hall–Kier alpha value is -11.5. The van der Waals surface area contributed by atoms with Gasteiger partial charge < -0.3 is 83.6 Å². The first kappa shape index (κ1) is 108. The Balaban J connectivity index is 0.000000306. The van der Waals surface area contributed by atoms with Crippen molar-refractivity contribution in [3.63, 3.8) is 0 Å². The number of nitro groups is 2. The van der Waals surface area contributed by atoms with E-state index in [1.54, 1.807) is 82.2 Å². The molecule has 0 radical (unpaired) electrons. The van der Waals surface area contributed by atoms with Crippen LogP contribution in [0.2, 0.25) is 0 Å². The lowest BCUT2D eigenvalue weighted by molar-refractivity contribution is -0.387. The molecule has 0 spiro atoms. The van der Waals surface area contributed by atoms with Gasteiger partial charge in [0.05, 0.1) is 103 Å². The quantitative estimate of drug-likeness (QED) is 0.00558. The Labute approximate surface area is 771 Å². The van der Waals surface area contributed by atoms with Crippen LogP contribution in [0.25, 0.3) is 33.1 Å². The third kappa shape index (κ3) is 34.0. The summed E-state index contributed by atoms with van der Waals surface area (Å²) in [6.45, 7) is 29.7. The van der Waals surface area contributed by atoms with Gasteiger partial charge in [0, 0.05) is 152 Å². The minimum Gasteiger partial charge on any atom is -0.466 e.